The van der Waals surface area contributed by atoms with E-state index in [-0.39, 0.29) is 10.8 Å². The van der Waals surface area contributed by atoms with Gasteiger partial charge in [0, 0.05) is 17.1 Å². The fourth-order valence-corrected chi connectivity index (χ4v) is 8.95. The molecule has 0 saturated carbocycles. The molecule has 6 aromatic carbocycles. The second-order valence-electron chi connectivity index (χ2n) is 18.0. The Bertz CT molecular complexity index is 2770. The van der Waals surface area contributed by atoms with Crippen LogP contribution in [0.5, 0.6) is 11.5 Å². The summed E-state index contributed by atoms with van der Waals surface area (Å²) in [6.45, 7) is 18.1. The molecule has 1 aliphatic carbocycles. The molecule has 3 heteroatoms. The molecule has 0 bridgehead atoms. The Hall–Kier alpha value is -6.32. The third-order valence-electron chi connectivity index (χ3n) is 12.0. The molecule has 9 rings (SSSR count). The molecule has 0 fully saturated rings. The zero-order valence-electron chi connectivity index (χ0n) is 34.8. The normalized spacial score (nSPS) is 13.3. The molecule has 0 radical (unpaired) electrons. The molecule has 1 aliphatic rings. The Morgan fingerprint density at radius 2 is 1.16 bits per heavy atom. The number of para-hydroxylation sites is 1. The lowest BCUT2D eigenvalue weighted by Crippen LogP contribution is -2.30. The zero-order valence-corrected chi connectivity index (χ0v) is 34.8. The number of rotatable bonds is 6. The van der Waals surface area contributed by atoms with E-state index in [2.05, 4.69) is 195 Å². The number of aromatic nitrogens is 2. The maximum atomic E-state index is 7.03. The third-order valence-corrected chi connectivity index (χ3v) is 12.0. The topological polar surface area (TPSA) is 35.0 Å². The van der Waals surface area contributed by atoms with Crippen molar-refractivity contribution in [3.05, 3.63) is 202 Å². The Morgan fingerprint density at radius 1 is 0.517 bits per heavy atom. The first kappa shape index (κ1) is 37.3. The van der Waals surface area contributed by atoms with Crippen LogP contribution in [-0.4, -0.2) is 9.97 Å². The SMILES string of the molecule is Cc1cccc(C)c1-c1cc(Oc2cccc(C3(c4ccccn4)c4cc(C(C)(C)C)ccc4-c4ccc(C(C)(C)C)cc43)c2)cc(-c2ccc3ccccc3n2)c1. The maximum absolute atomic E-state index is 7.03. The molecule has 2 heterocycles. The molecule has 0 aliphatic heterocycles. The van der Waals surface area contributed by atoms with E-state index in [0.717, 1.165) is 50.5 Å². The predicted molar refractivity (Wildman–Crippen MR) is 241 cm³/mol. The number of hydrogen-bond acceptors (Lipinski definition) is 3. The van der Waals surface area contributed by atoms with Gasteiger partial charge in [-0.25, -0.2) is 4.98 Å². The largest absolute Gasteiger partial charge is 0.457 e. The number of pyridine rings is 2. The first-order chi connectivity index (χ1) is 27.8. The summed E-state index contributed by atoms with van der Waals surface area (Å²) in [6.07, 6.45) is 1.93. The van der Waals surface area contributed by atoms with Crippen LogP contribution in [0.15, 0.2) is 158 Å². The van der Waals surface area contributed by atoms with E-state index in [1.54, 1.807) is 0 Å². The molecule has 0 atom stereocenters. The van der Waals surface area contributed by atoms with Gasteiger partial charge in [0.25, 0.3) is 0 Å². The molecule has 0 N–H and O–H groups in total. The van der Waals surface area contributed by atoms with Gasteiger partial charge in [0.15, 0.2) is 0 Å². The highest BCUT2D eigenvalue weighted by Gasteiger charge is 2.48. The van der Waals surface area contributed by atoms with Crippen LogP contribution in [0.3, 0.4) is 0 Å². The van der Waals surface area contributed by atoms with E-state index in [4.69, 9.17) is 14.7 Å². The van der Waals surface area contributed by atoms with Crippen LogP contribution in [0.25, 0.3) is 44.4 Å². The van der Waals surface area contributed by atoms with Crippen molar-refractivity contribution < 1.29 is 4.74 Å². The minimum Gasteiger partial charge on any atom is -0.457 e. The number of nitrogens with zero attached hydrogens (tertiary/aromatic N) is 2. The summed E-state index contributed by atoms with van der Waals surface area (Å²) in [5.41, 5.74) is 16.5. The van der Waals surface area contributed by atoms with Gasteiger partial charge >= 0.3 is 0 Å². The highest BCUT2D eigenvalue weighted by molar-refractivity contribution is 5.87. The van der Waals surface area contributed by atoms with Gasteiger partial charge in [-0.05, 0) is 140 Å². The first-order valence-corrected chi connectivity index (χ1v) is 20.4. The minimum absolute atomic E-state index is 0.0424. The van der Waals surface area contributed by atoms with E-state index < -0.39 is 5.41 Å². The van der Waals surface area contributed by atoms with E-state index >= 15 is 0 Å². The number of aryl methyl sites for hydroxylation is 2. The van der Waals surface area contributed by atoms with Gasteiger partial charge in [0.2, 0.25) is 0 Å². The lowest BCUT2D eigenvalue weighted by molar-refractivity contribution is 0.481. The van der Waals surface area contributed by atoms with Crippen molar-refractivity contribution in [3.8, 4) is 45.0 Å². The van der Waals surface area contributed by atoms with Crippen molar-refractivity contribution in [3.63, 3.8) is 0 Å². The smallest absolute Gasteiger partial charge is 0.128 e. The van der Waals surface area contributed by atoms with Crippen LogP contribution >= 0.6 is 0 Å². The van der Waals surface area contributed by atoms with Crippen LogP contribution in [-0.2, 0) is 16.2 Å². The average Bonchev–Trinajstić information content (AvgIpc) is 3.50. The maximum Gasteiger partial charge on any atom is 0.128 e. The zero-order chi connectivity index (χ0) is 40.4. The summed E-state index contributed by atoms with van der Waals surface area (Å²) in [6, 6.07) is 54.7. The minimum atomic E-state index is -0.686. The van der Waals surface area contributed by atoms with Crippen LogP contribution in [0, 0.1) is 13.8 Å². The molecule has 0 saturated heterocycles. The monoisotopic (exact) mass is 754 g/mol. The molecule has 58 heavy (non-hydrogen) atoms. The molecule has 286 valence electrons. The fourth-order valence-electron chi connectivity index (χ4n) is 8.95. The number of benzene rings is 6. The number of hydrogen-bond donors (Lipinski definition) is 0. The van der Waals surface area contributed by atoms with Gasteiger partial charge in [-0.1, -0.05) is 139 Å². The van der Waals surface area contributed by atoms with Crippen molar-refractivity contribution in [2.45, 2.75) is 71.6 Å². The molecule has 8 aromatic rings. The number of ether oxygens (including phenoxy) is 1. The van der Waals surface area contributed by atoms with Gasteiger partial charge in [-0.15, -0.1) is 0 Å². The second-order valence-corrected chi connectivity index (χ2v) is 18.0. The molecular formula is C55H50N2O. The van der Waals surface area contributed by atoms with Crippen LogP contribution in [0.4, 0.5) is 0 Å². The van der Waals surface area contributed by atoms with E-state index in [9.17, 15) is 0 Å². The quantitative estimate of drug-likeness (QED) is 0.170. The summed E-state index contributed by atoms with van der Waals surface area (Å²) in [5, 5.41) is 1.12. The second kappa shape index (κ2) is 14.0. The first-order valence-electron chi connectivity index (χ1n) is 20.4. The average molecular weight is 755 g/mol. The van der Waals surface area contributed by atoms with Gasteiger partial charge < -0.3 is 4.74 Å². The third kappa shape index (κ3) is 6.40. The summed E-state index contributed by atoms with van der Waals surface area (Å²) in [7, 11) is 0. The lowest BCUT2D eigenvalue weighted by Gasteiger charge is -2.34. The van der Waals surface area contributed by atoms with Crippen LogP contribution in [0.2, 0.25) is 0 Å². The Labute approximate surface area is 343 Å². The molecular weight excluding hydrogens is 705 g/mol. The van der Waals surface area contributed by atoms with Crippen molar-refractivity contribution in [1.82, 2.24) is 9.97 Å². The molecule has 0 unspecified atom stereocenters. The highest BCUT2D eigenvalue weighted by atomic mass is 16.5. The van der Waals surface area contributed by atoms with Crippen molar-refractivity contribution in [2.24, 2.45) is 0 Å². The summed E-state index contributed by atoms with van der Waals surface area (Å²) in [5.74, 6) is 1.52. The molecule has 2 aromatic heterocycles. The van der Waals surface area contributed by atoms with Crippen LogP contribution < -0.4 is 4.74 Å². The Balaban J connectivity index is 1.25. The van der Waals surface area contributed by atoms with Crippen molar-refractivity contribution in [2.75, 3.05) is 0 Å². The van der Waals surface area contributed by atoms with Gasteiger partial charge in [-0.2, -0.15) is 0 Å². The number of fused-ring (bicyclic) bond motifs is 4. The predicted octanol–water partition coefficient (Wildman–Crippen LogP) is 14.3. The van der Waals surface area contributed by atoms with E-state index in [1.807, 2.05) is 18.3 Å². The van der Waals surface area contributed by atoms with Gasteiger partial charge in [0.05, 0.1) is 22.3 Å². The van der Waals surface area contributed by atoms with E-state index in [0.29, 0.717) is 0 Å². The Morgan fingerprint density at radius 3 is 1.81 bits per heavy atom. The molecule has 3 nitrogen and oxygen atoms in total. The summed E-state index contributed by atoms with van der Waals surface area (Å²) in [4.78, 5) is 10.3. The van der Waals surface area contributed by atoms with Crippen molar-refractivity contribution in [1.29, 1.82) is 0 Å². The van der Waals surface area contributed by atoms with Gasteiger partial charge in [-0.3, -0.25) is 4.98 Å². The van der Waals surface area contributed by atoms with Crippen molar-refractivity contribution >= 4 is 10.9 Å². The summed E-state index contributed by atoms with van der Waals surface area (Å²) >= 11 is 0. The fraction of sp³-hybridized carbons (Fsp3) is 0.200. The van der Waals surface area contributed by atoms with Gasteiger partial charge in [0.1, 0.15) is 11.5 Å². The molecule has 0 amide bonds. The van der Waals surface area contributed by atoms with Crippen LogP contribution in [0.1, 0.15) is 86.2 Å². The summed E-state index contributed by atoms with van der Waals surface area (Å²) < 4.78 is 7.03. The lowest BCUT2D eigenvalue weighted by atomic mass is 9.68. The Kier molecular flexibility index (Phi) is 8.97. The standard InChI is InChI=1S/C55H50N2O/c1-35-15-13-16-36(2)52(35)39-29-38(50-27-22-37-17-9-10-20-49(37)57-50)30-44(31-39)58-43-19-14-18-42(32-43)55(51-21-11-12-28-56-51)47-33-40(53(3,4)5)23-25-45(47)46-26-24-41(34-48(46)55)54(6,7)8/h9-34H,1-8H3. The molecule has 0 spiro atoms. The highest BCUT2D eigenvalue weighted by Crippen LogP contribution is 2.57. The van der Waals surface area contributed by atoms with E-state index in [1.165, 1.54) is 50.1 Å².